The summed E-state index contributed by atoms with van der Waals surface area (Å²) in [5.41, 5.74) is 4.35. The van der Waals surface area contributed by atoms with E-state index in [1.165, 1.54) is 45.0 Å². The number of fused-ring (bicyclic) bond motifs is 1. The van der Waals surface area contributed by atoms with Gasteiger partial charge in [0.1, 0.15) is 29.5 Å². The van der Waals surface area contributed by atoms with Gasteiger partial charge in [-0.2, -0.15) is 13.2 Å². The van der Waals surface area contributed by atoms with Crippen molar-refractivity contribution in [2.75, 3.05) is 6.61 Å². The molecule has 0 saturated carbocycles. The van der Waals surface area contributed by atoms with Gasteiger partial charge in [0.15, 0.2) is 0 Å². The molecule has 1 heterocycles. The highest BCUT2D eigenvalue weighted by atomic mass is 19.4. The van der Waals surface area contributed by atoms with Crippen molar-refractivity contribution in [2.24, 2.45) is 5.73 Å². The number of alkyl halides is 3. The Bertz CT molecular complexity index is 1650. The second kappa shape index (κ2) is 12.5. The number of carbonyl (C=O) groups excluding carboxylic acids is 2. The molecule has 0 unspecified atom stereocenters. The van der Waals surface area contributed by atoms with E-state index in [0.717, 1.165) is 6.07 Å². The maximum absolute atomic E-state index is 15.6. The number of esters is 1. The average molecular weight is 601 g/mol. The van der Waals surface area contributed by atoms with Crippen molar-refractivity contribution in [3.63, 3.8) is 0 Å². The van der Waals surface area contributed by atoms with Crippen LogP contribution < -0.4 is 10.5 Å². The molecule has 7 nitrogen and oxygen atoms in total. The maximum atomic E-state index is 15.6. The fourth-order valence-electron chi connectivity index (χ4n) is 4.65. The fraction of sp³-hybridized carbons (Fsp3) is 0.312. The van der Waals surface area contributed by atoms with Gasteiger partial charge in [0, 0.05) is 28.6 Å². The SMILES string of the molecule is CCOC(=O)Cc1ccccc1OCc1cc(-c2cccc(CN)c2F)c2cc(C(F)(F)F)n(C(=O)OC(C)(C)C)c2c1. The molecule has 0 radical (unpaired) electrons. The molecule has 0 saturated heterocycles. The number of halogens is 4. The highest BCUT2D eigenvalue weighted by Crippen LogP contribution is 2.40. The third-order valence-corrected chi connectivity index (χ3v) is 6.44. The standard InChI is InChI=1S/C32H32F4N2O5/c1-5-41-28(39)15-20-9-6-7-12-26(20)42-18-19-13-23(22-11-8-10-21(17-37)29(22)33)24-16-27(32(34,35)36)38(25(24)14-19)30(40)43-31(2,3)4/h6-14,16H,5,15,17-18,37H2,1-4H3. The monoisotopic (exact) mass is 600 g/mol. The minimum absolute atomic E-state index is 0.00701. The summed E-state index contributed by atoms with van der Waals surface area (Å²) in [6.07, 6.45) is -6.23. The molecule has 1 aromatic heterocycles. The number of carbonyl (C=O) groups is 2. The van der Waals surface area contributed by atoms with Crippen LogP contribution in [0.15, 0.2) is 60.7 Å². The lowest BCUT2D eigenvalue weighted by Gasteiger charge is -2.21. The summed E-state index contributed by atoms with van der Waals surface area (Å²) in [5.74, 6) is -0.790. The molecular weight excluding hydrogens is 568 g/mol. The molecule has 0 spiro atoms. The quantitative estimate of drug-likeness (QED) is 0.167. The number of ether oxygens (including phenoxy) is 3. The van der Waals surface area contributed by atoms with Crippen LogP contribution in [0.1, 0.15) is 50.1 Å². The molecule has 4 rings (SSSR count). The van der Waals surface area contributed by atoms with E-state index in [4.69, 9.17) is 19.9 Å². The van der Waals surface area contributed by atoms with Gasteiger partial charge < -0.3 is 19.9 Å². The summed E-state index contributed by atoms with van der Waals surface area (Å²) in [4.78, 5) is 25.3. The zero-order valence-corrected chi connectivity index (χ0v) is 24.2. The van der Waals surface area contributed by atoms with E-state index < -0.39 is 35.4 Å². The van der Waals surface area contributed by atoms with Gasteiger partial charge in [-0.15, -0.1) is 0 Å². The molecule has 2 N–H and O–H groups in total. The predicted molar refractivity (Wildman–Crippen MR) is 153 cm³/mol. The molecule has 4 aromatic rings. The second-order valence-corrected chi connectivity index (χ2v) is 10.8. The summed E-state index contributed by atoms with van der Waals surface area (Å²) >= 11 is 0. The molecule has 3 aromatic carbocycles. The van der Waals surface area contributed by atoms with Crippen molar-refractivity contribution in [3.05, 3.63) is 88.9 Å². The van der Waals surface area contributed by atoms with Crippen LogP contribution in [0.5, 0.6) is 5.75 Å². The first-order valence-corrected chi connectivity index (χ1v) is 13.6. The van der Waals surface area contributed by atoms with Gasteiger partial charge in [-0.1, -0.05) is 36.4 Å². The second-order valence-electron chi connectivity index (χ2n) is 10.8. The van der Waals surface area contributed by atoms with Crippen LogP contribution in [0.25, 0.3) is 22.0 Å². The van der Waals surface area contributed by atoms with Crippen LogP contribution in [0.2, 0.25) is 0 Å². The van der Waals surface area contributed by atoms with Crippen LogP contribution in [-0.2, 0) is 40.0 Å². The topological polar surface area (TPSA) is 92.8 Å². The number of para-hydroxylation sites is 1. The molecule has 0 aliphatic rings. The van der Waals surface area contributed by atoms with E-state index in [9.17, 15) is 22.8 Å². The number of hydrogen-bond donors (Lipinski definition) is 1. The summed E-state index contributed by atoms with van der Waals surface area (Å²) in [6, 6.07) is 14.9. The number of aromatic nitrogens is 1. The normalized spacial score (nSPS) is 11.9. The highest BCUT2D eigenvalue weighted by molar-refractivity contribution is 6.01. The molecule has 0 bridgehead atoms. The van der Waals surface area contributed by atoms with Gasteiger partial charge in [-0.3, -0.25) is 4.79 Å². The number of nitrogens with two attached hydrogens (primary N) is 1. The zero-order chi connectivity index (χ0) is 31.5. The zero-order valence-electron chi connectivity index (χ0n) is 24.2. The Balaban J connectivity index is 1.90. The Morgan fingerprint density at radius 1 is 0.930 bits per heavy atom. The summed E-state index contributed by atoms with van der Waals surface area (Å²) < 4.78 is 75.3. The Labute approximate surface area is 246 Å². The number of hydrogen-bond acceptors (Lipinski definition) is 6. The number of rotatable bonds is 8. The van der Waals surface area contributed by atoms with Crippen LogP contribution in [0.3, 0.4) is 0 Å². The van der Waals surface area contributed by atoms with Crippen molar-refractivity contribution >= 4 is 23.0 Å². The largest absolute Gasteiger partial charge is 0.489 e. The van der Waals surface area contributed by atoms with Gasteiger partial charge in [0.05, 0.1) is 18.5 Å². The van der Waals surface area contributed by atoms with Gasteiger partial charge in [-0.25, -0.2) is 13.8 Å². The third-order valence-electron chi connectivity index (χ3n) is 6.44. The molecule has 43 heavy (non-hydrogen) atoms. The first-order chi connectivity index (χ1) is 20.2. The van der Waals surface area contributed by atoms with Crippen molar-refractivity contribution in [2.45, 2.75) is 59.0 Å². The molecule has 0 fully saturated rings. The maximum Gasteiger partial charge on any atom is 0.432 e. The molecule has 0 aliphatic carbocycles. The van der Waals surface area contributed by atoms with E-state index in [1.807, 2.05) is 0 Å². The minimum atomic E-state index is -4.94. The highest BCUT2D eigenvalue weighted by Gasteiger charge is 2.39. The van der Waals surface area contributed by atoms with Crippen LogP contribution >= 0.6 is 0 Å². The fourth-order valence-corrected chi connectivity index (χ4v) is 4.65. The van der Waals surface area contributed by atoms with E-state index >= 15 is 4.39 Å². The van der Waals surface area contributed by atoms with Crippen molar-refractivity contribution in [3.8, 4) is 16.9 Å². The molecule has 11 heteroatoms. The van der Waals surface area contributed by atoms with Crippen molar-refractivity contribution in [1.82, 2.24) is 4.57 Å². The Hall–Kier alpha value is -4.38. The molecule has 228 valence electrons. The first-order valence-electron chi connectivity index (χ1n) is 13.6. The van der Waals surface area contributed by atoms with E-state index in [0.29, 0.717) is 21.4 Å². The van der Waals surface area contributed by atoms with Gasteiger partial charge >= 0.3 is 18.2 Å². The Morgan fingerprint density at radius 2 is 1.63 bits per heavy atom. The average Bonchev–Trinajstić information content (AvgIpc) is 3.32. The van der Waals surface area contributed by atoms with Gasteiger partial charge in [-0.05, 0) is 63.1 Å². The number of nitrogens with zero attached hydrogens (tertiary/aromatic N) is 1. The van der Waals surface area contributed by atoms with Gasteiger partial charge in [0.2, 0.25) is 0 Å². The Kier molecular flexibility index (Phi) is 9.15. The predicted octanol–water partition coefficient (Wildman–Crippen LogP) is 7.39. The molecule has 0 atom stereocenters. The van der Waals surface area contributed by atoms with Gasteiger partial charge in [0.25, 0.3) is 0 Å². The lowest BCUT2D eigenvalue weighted by atomic mass is 9.96. The smallest absolute Gasteiger partial charge is 0.432 e. The summed E-state index contributed by atoms with van der Waals surface area (Å²) in [7, 11) is 0. The first kappa shape index (κ1) is 31.6. The number of benzene rings is 3. The van der Waals surface area contributed by atoms with E-state index in [-0.39, 0.29) is 53.8 Å². The molecule has 0 aliphatic heterocycles. The van der Waals surface area contributed by atoms with Crippen LogP contribution in [0.4, 0.5) is 22.4 Å². The molecular formula is C32H32F4N2O5. The van der Waals surface area contributed by atoms with Crippen LogP contribution in [-0.4, -0.2) is 28.8 Å². The summed E-state index contributed by atoms with van der Waals surface area (Å²) in [6.45, 7) is 6.21. The third kappa shape index (κ3) is 7.16. The van der Waals surface area contributed by atoms with E-state index in [2.05, 4.69) is 0 Å². The van der Waals surface area contributed by atoms with Crippen LogP contribution in [0, 0.1) is 5.82 Å². The Morgan fingerprint density at radius 3 is 2.28 bits per heavy atom. The summed E-state index contributed by atoms with van der Waals surface area (Å²) in [5, 5.41) is -0.0160. The minimum Gasteiger partial charge on any atom is -0.489 e. The lowest BCUT2D eigenvalue weighted by Crippen LogP contribution is -2.29. The van der Waals surface area contributed by atoms with Crippen molar-refractivity contribution in [1.29, 1.82) is 0 Å². The van der Waals surface area contributed by atoms with E-state index in [1.54, 1.807) is 37.3 Å². The van der Waals surface area contributed by atoms with Crippen molar-refractivity contribution < 1.29 is 41.4 Å². The lowest BCUT2D eigenvalue weighted by molar-refractivity contribution is -0.143. The molecule has 0 amide bonds.